The second-order valence-electron chi connectivity index (χ2n) is 13.6. The maximum Gasteiger partial charge on any atom is 0.247 e. The molecule has 5 aliphatic carbocycles. The summed E-state index contributed by atoms with van der Waals surface area (Å²) in [4.78, 5) is 29.4. The van der Waals surface area contributed by atoms with Gasteiger partial charge in [0, 0.05) is 30.6 Å². The van der Waals surface area contributed by atoms with Crippen LogP contribution in [-0.2, 0) is 9.59 Å². The highest BCUT2D eigenvalue weighted by Crippen LogP contribution is 2.61. The number of ether oxygens (including phenoxy) is 1. The third kappa shape index (κ3) is 4.87. The number of fused-ring (bicyclic) bond motifs is 5. The van der Waals surface area contributed by atoms with E-state index in [1.807, 2.05) is 35.2 Å². The van der Waals surface area contributed by atoms with E-state index in [0.717, 1.165) is 24.3 Å². The molecular formula is C33H46N2O5. The molecular weight excluding hydrogens is 504 g/mol. The maximum atomic E-state index is 14.1. The molecule has 1 heterocycles. The Morgan fingerprint density at radius 3 is 2.62 bits per heavy atom. The van der Waals surface area contributed by atoms with Gasteiger partial charge in [0.1, 0.15) is 18.0 Å². The molecule has 40 heavy (non-hydrogen) atoms. The van der Waals surface area contributed by atoms with Crippen molar-refractivity contribution in [1.29, 1.82) is 0 Å². The first-order chi connectivity index (χ1) is 19.3. The van der Waals surface area contributed by atoms with E-state index in [1.165, 1.54) is 38.5 Å². The van der Waals surface area contributed by atoms with E-state index in [9.17, 15) is 19.8 Å². The zero-order valence-corrected chi connectivity index (χ0v) is 24.1. The highest BCUT2D eigenvalue weighted by Gasteiger charge is 2.56. The molecule has 2 bridgehead atoms. The lowest BCUT2D eigenvalue weighted by molar-refractivity contribution is -0.146. The molecule has 0 saturated heterocycles. The van der Waals surface area contributed by atoms with Gasteiger partial charge in [0.2, 0.25) is 11.8 Å². The van der Waals surface area contributed by atoms with Gasteiger partial charge in [-0.25, -0.2) is 0 Å². The fourth-order valence-corrected chi connectivity index (χ4v) is 8.78. The van der Waals surface area contributed by atoms with E-state index in [4.69, 9.17) is 4.74 Å². The fraction of sp³-hybridized carbons (Fsp3) is 0.697. The van der Waals surface area contributed by atoms with Crippen LogP contribution in [0.2, 0.25) is 0 Å². The lowest BCUT2D eigenvalue weighted by atomic mass is 9.45. The predicted octanol–water partition coefficient (Wildman–Crippen LogP) is 4.18. The Morgan fingerprint density at radius 1 is 1.12 bits per heavy atom. The Kier molecular flexibility index (Phi) is 7.73. The lowest BCUT2D eigenvalue weighted by Gasteiger charge is -2.61. The topological polar surface area (TPSA) is 99.1 Å². The number of aliphatic hydroxyl groups is 2. The summed E-state index contributed by atoms with van der Waals surface area (Å²) in [5.41, 5.74) is 1.68. The van der Waals surface area contributed by atoms with Crippen molar-refractivity contribution in [2.75, 3.05) is 19.7 Å². The third-order valence-corrected chi connectivity index (χ3v) is 11.2. The highest BCUT2D eigenvalue weighted by molar-refractivity contribution is 5.96. The van der Waals surface area contributed by atoms with Crippen LogP contribution in [0, 0.1) is 29.1 Å². The summed E-state index contributed by atoms with van der Waals surface area (Å²) in [7, 11) is 0. The summed E-state index contributed by atoms with van der Waals surface area (Å²) >= 11 is 0. The number of nitrogens with one attached hydrogen (secondary N) is 1. The van der Waals surface area contributed by atoms with E-state index in [2.05, 4.69) is 19.2 Å². The van der Waals surface area contributed by atoms with Crippen molar-refractivity contribution in [3.8, 4) is 5.75 Å². The summed E-state index contributed by atoms with van der Waals surface area (Å²) in [5, 5.41) is 24.0. The number of benzene rings is 1. The van der Waals surface area contributed by atoms with Gasteiger partial charge in [0.25, 0.3) is 0 Å². The average molecular weight is 551 g/mol. The molecule has 4 saturated carbocycles. The molecule has 7 atom stereocenters. The van der Waals surface area contributed by atoms with Gasteiger partial charge in [0.05, 0.1) is 18.6 Å². The molecule has 4 fully saturated rings. The first kappa shape index (κ1) is 27.8. The van der Waals surface area contributed by atoms with E-state index < -0.39 is 24.2 Å². The first-order valence-corrected chi connectivity index (χ1v) is 15.6. The molecule has 7 rings (SSSR count). The predicted molar refractivity (Wildman–Crippen MR) is 153 cm³/mol. The molecule has 3 N–H and O–H groups in total. The Bertz CT molecular complexity index is 1140. The zero-order chi connectivity index (χ0) is 28.0. The highest BCUT2D eigenvalue weighted by atomic mass is 16.5. The van der Waals surface area contributed by atoms with Gasteiger partial charge in [-0.1, -0.05) is 57.7 Å². The fourth-order valence-electron chi connectivity index (χ4n) is 8.78. The summed E-state index contributed by atoms with van der Waals surface area (Å²) in [6.45, 7) is 5.35. The van der Waals surface area contributed by atoms with Crippen LogP contribution in [0.4, 0.5) is 0 Å². The number of amides is 2. The molecule has 0 spiro atoms. The Hall–Kier alpha value is -2.38. The number of carbonyl (C=O) groups excluding carboxylic acids is 2. The van der Waals surface area contributed by atoms with Crippen molar-refractivity contribution in [3.63, 3.8) is 0 Å². The first-order valence-electron chi connectivity index (χ1n) is 15.6. The van der Waals surface area contributed by atoms with Gasteiger partial charge in [-0.05, 0) is 66.9 Å². The zero-order valence-electron chi connectivity index (χ0n) is 24.1. The van der Waals surface area contributed by atoms with E-state index in [0.29, 0.717) is 47.5 Å². The monoisotopic (exact) mass is 550 g/mol. The van der Waals surface area contributed by atoms with Crippen LogP contribution in [0.5, 0.6) is 5.75 Å². The minimum absolute atomic E-state index is 0.0792. The number of hydrogen-bond donors (Lipinski definition) is 3. The van der Waals surface area contributed by atoms with Gasteiger partial charge in [-0.3, -0.25) is 9.59 Å². The summed E-state index contributed by atoms with van der Waals surface area (Å²) in [6, 6.07) is 7.00. The Balaban J connectivity index is 1.32. The molecule has 0 aromatic heterocycles. The minimum Gasteiger partial charge on any atom is -0.486 e. The second kappa shape index (κ2) is 11.1. The van der Waals surface area contributed by atoms with Crippen LogP contribution in [0.15, 0.2) is 35.9 Å². The van der Waals surface area contributed by atoms with Crippen molar-refractivity contribution in [2.45, 2.75) is 95.8 Å². The Morgan fingerprint density at radius 2 is 1.90 bits per heavy atom. The number of para-hydroxylation sites is 1. The van der Waals surface area contributed by atoms with Crippen molar-refractivity contribution in [3.05, 3.63) is 41.5 Å². The van der Waals surface area contributed by atoms with Gasteiger partial charge in [-0.2, -0.15) is 0 Å². The number of aliphatic hydroxyl groups excluding tert-OH is 2. The van der Waals surface area contributed by atoms with Gasteiger partial charge in [0.15, 0.2) is 0 Å². The number of carbonyl (C=O) groups is 2. The van der Waals surface area contributed by atoms with Crippen LogP contribution < -0.4 is 10.1 Å². The number of nitrogens with zero attached hydrogens (tertiary/aromatic N) is 1. The van der Waals surface area contributed by atoms with Crippen molar-refractivity contribution in [1.82, 2.24) is 10.2 Å². The molecule has 6 aliphatic rings. The van der Waals surface area contributed by atoms with E-state index in [-0.39, 0.29) is 25.0 Å². The summed E-state index contributed by atoms with van der Waals surface area (Å²) < 4.78 is 6.30. The van der Waals surface area contributed by atoms with Gasteiger partial charge in [-0.15, -0.1) is 0 Å². The van der Waals surface area contributed by atoms with Crippen LogP contribution in [0.3, 0.4) is 0 Å². The van der Waals surface area contributed by atoms with Crippen molar-refractivity contribution < 1.29 is 24.5 Å². The van der Waals surface area contributed by atoms with Crippen molar-refractivity contribution >= 4 is 11.8 Å². The molecule has 7 nitrogen and oxygen atoms in total. The van der Waals surface area contributed by atoms with Crippen LogP contribution in [0.1, 0.15) is 83.1 Å². The molecule has 1 aromatic carbocycles. The van der Waals surface area contributed by atoms with Gasteiger partial charge < -0.3 is 25.2 Å². The largest absolute Gasteiger partial charge is 0.486 e. The molecule has 0 radical (unpaired) electrons. The Labute approximate surface area is 238 Å². The summed E-state index contributed by atoms with van der Waals surface area (Å²) in [6.07, 6.45) is 10.0. The number of hydrogen-bond acceptors (Lipinski definition) is 5. The molecule has 1 aromatic rings. The van der Waals surface area contributed by atoms with Crippen LogP contribution in [0.25, 0.3) is 0 Å². The van der Waals surface area contributed by atoms with Crippen molar-refractivity contribution in [2.24, 2.45) is 29.1 Å². The molecule has 1 aliphatic heterocycles. The van der Waals surface area contributed by atoms with Crippen LogP contribution in [-0.4, -0.2) is 64.9 Å². The standard InChI is InChI=1S/C33H46N2O5/c1-33(2)22-13-12-21(25(33)17-22)19-35(28(37)14-11-20-7-3-4-8-20)26-18-24(32(39)34-15-16-36)29-23-9-5-6-10-27(23)40-31(29)30(26)38/h5-6,9-10,18,20-22,25-26,29-31,36,38H,3-4,7-8,11-17,19H2,1-2H3,(H,34,39). The molecule has 7 unspecified atom stereocenters. The van der Waals surface area contributed by atoms with E-state index >= 15 is 0 Å². The SMILES string of the molecule is CC1(C)C2CCC(CN(C(=O)CCC3CCCC3)C3C=C(C(=O)NCCO)C4c5ccccc5OC4C3O)C1C2. The smallest absolute Gasteiger partial charge is 0.247 e. The molecule has 218 valence electrons. The van der Waals surface area contributed by atoms with Gasteiger partial charge >= 0.3 is 0 Å². The molecule has 2 amide bonds. The quantitative estimate of drug-likeness (QED) is 0.429. The third-order valence-electron chi connectivity index (χ3n) is 11.2. The average Bonchev–Trinajstić information content (AvgIpc) is 3.62. The van der Waals surface area contributed by atoms with E-state index in [1.54, 1.807) is 0 Å². The number of rotatable bonds is 9. The normalized spacial score (nSPS) is 33.7. The van der Waals surface area contributed by atoms with Crippen LogP contribution >= 0.6 is 0 Å². The molecule has 7 heteroatoms. The summed E-state index contributed by atoms with van der Waals surface area (Å²) in [5.74, 6) is 2.40. The second-order valence-corrected chi connectivity index (χ2v) is 13.6. The minimum atomic E-state index is -0.951. The lowest BCUT2D eigenvalue weighted by Crippen LogP contribution is -2.59. The maximum absolute atomic E-state index is 14.1.